The molecule has 1 aromatic carbocycles. The van der Waals surface area contributed by atoms with Gasteiger partial charge in [-0.2, -0.15) is 5.10 Å². The summed E-state index contributed by atoms with van der Waals surface area (Å²) in [6.45, 7) is 2.23. The van der Waals surface area contributed by atoms with Crippen LogP contribution in [-0.2, 0) is 0 Å². The largest absolute Gasteiger partial charge is 0.503 e. The number of ether oxygens (including phenoxy) is 1. The number of rotatable bonds is 4. The van der Waals surface area contributed by atoms with Crippen molar-refractivity contribution in [3.63, 3.8) is 0 Å². The number of hydrogen-bond acceptors (Lipinski definition) is 4. The highest BCUT2D eigenvalue weighted by atomic mass is 35.5. The lowest BCUT2D eigenvalue weighted by molar-refractivity contribution is 0.318. The van der Waals surface area contributed by atoms with Gasteiger partial charge >= 0.3 is 0 Å². The van der Waals surface area contributed by atoms with Crippen molar-refractivity contribution in [2.24, 2.45) is 10.8 Å². The molecule has 0 aromatic heterocycles. The van der Waals surface area contributed by atoms with Gasteiger partial charge in [-0.05, 0) is 36.8 Å². The van der Waals surface area contributed by atoms with Crippen molar-refractivity contribution in [3.05, 3.63) is 22.7 Å². The molecule has 0 atom stereocenters. The van der Waals surface area contributed by atoms with E-state index in [4.69, 9.17) is 22.1 Å². The molecule has 0 heterocycles. The molecule has 0 saturated carbocycles. The predicted octanol–water partition coefficient (Wildman–Crippen LogP) is 1.61. The van der Waals surface area contributed by atoms with Crippen LogP contribution in [0.25, 0.3) is 0 Å². The van der Waals surface area contributed by atoms with Crippen molar-refractivity contribution in [2.45, 2.75) is 6.92 Å². The minimum absolute atomic E-state index is 0.0659. The molecule has 0 bridgehead atoms. The molecule has 4 N–H and O–H groups in total. The second kappa shape index (κ2) is 6.27. The standard InChI is InChI=1S/C10H12ClN3O2S/c1-2-16-8-4-6(3-7(11)9(8)15)5-13-14-10(12)17/h3-5,15H,2H2,1H3,(H3,12,14,17)/b13-5-. The van der Waals surface area contributed by atoms with E-state index in [9.17, 15) is 5.11 Å². The SMILES string of the molecule is CCOc1cc(/C=N\NC(N)=S)cc(Cl)c1O. The van der Waals surface area contributed by atoms with Crippen LogP contribution >= 0.6 is 23.8 Å². The minimum atomic E-state index is -0.0898. The van der Waals surface area contributed by atoms with E-state index in [1.54, 1.807) is 12.1 Å². The van der Waals surface area contributed by atoms with Crippen LogP contribution in [0, 0.1) is 0 Å². The molecular weight excluding hydrogens is 262 g/mol. The molecule has 0 radical (unpaired) electrons. The van der Waals surface area contributed by atoms with Gasteiger partial charge in [0.15, 0.2) is 16.6 Å². The number of halogens is 1. The maximum Gasteiger partial charge on any atom is 0.184 e. The number of nitrogens with zero attached hydrogens (tertiary/aromatic N) is 1. The van der Waals surface area contributed by atoms with E-state index < -0.39 is 0 Å². The molecule has 92 valence electrons. The van der Waals surface area contributed by atoms with Gasteiger partial charge in [0, 0.05) is 0 Å². The van der Waals surface area contributed by atoms with Gasteiger partial charge in [0.25, 0.3) is 0 Å². The average molecular weight is 274 g/mol. The summed E-state index contributed by atoms with van der Waals surface area (Å²) in [6.07, 6.45) is 1.47. The van der Waals surface area contributed by atoms with Gasteiger partial charge in [-0.3, -0.25) is 5.43 Å². The summed E-state index contributed by atoms with van der Waals surface area (Å²) in [5.74, 6) is 0.213. The summed E-state index contributed by atoms with van der Waals surface area (Å²) in [5.41, 5.74) is 8.27. The lowest BCUT2D eigenvalue weighted by atomic mass is 10.2. The number of hydrazone groups is 1. The smallest absolute Gasteiger partial charge is 0.184 e. The molecule has 0 aliphatic rings. The van der Waals surface area contributed by atoms with Gasteiger partial charge < -0.3 is 15.6 Å². The Morgan fingerprint density at radius 2 is 2.41 bits per heavy atom. The summed E-state index contributed by atoms with van der Waals surface area (Å²) in [5, 5.41) is 13.6. The molecule has 0 aliphatic heterocycles. The van der Waals surface area contributed by atoms with Crippen molar-refractivity contribution < 1.29 is 9.84 Å². The molecule has 0 fully saturated rings. The zero-order valence-corrected chi connectivity index (χ0v) is 10.7. The van der Waals surface area contributed by atoms with Crippen LogP contribution in [0.3, 0.4) is 0 Å². The quantitative estimate of drug-likeness (QED) is 0.441. The Morgan fingerprint density at radius 1 is 1.71 bits per heavy atom. The van der Waals surface area contributed by atoms with Crippen molar-refractivity contribution in [2.75, 3.05) is 6.61 Å². The monoisotopic (exact) mass is 273 g/mol. The second-order valence-electron chi connectivity index (χ2n) is 3.02. The molecule has 0 saturated heterocycles. The summed E-state index contributed by atoms with van der Waals surface area (Å²) < 4.78 is 5.22. The Labute approximate surface area is 109 Å². The first-order chi connectivity index (χ1) is 8.04. The second-order valence-corrected chi connectivity index (χ2v) is 3.86. The van der Waals surface area contributed by atoms with Gasteiger partial charge in [-0.25, -0.2) is 0 Å². The molecular formula is C10H12ClN3O2S. The van der Waals surface area contributed by atoms with Crippen molar-refractivity contribution in [1.29, 1.82) is 0 Å². The topological polar surface area (TPSA) is 79.9 Å². The Bertz CT molecular complexity index is 451. The number of phenols is 1. The number of nitrogens with one attached hydrogen (secondary N) is 1. The Balaban J connectivity index is 2.93. The van der Waals surface area contributed by atoms with Crippen LogP contribution in [0.5, 0.6) is 11.5 Å². The van der Waals surface area contributed by atoms with Crippen LogP contribution in [0.2, 0.25) is 5.02 Å². The fraction of sp³-hybridized carbons (Fsp3) is 0.200. The van der Waals surface area contributed by atoms with Crippen LogP contribution in [0.4, 0.5) is 0 Å². The van der Waals surface area contributed by atoms with E-state index in [-0.39, 0.29) is 15.9 Å². The van der Waals surface area contributed by atoms with Crippen LogP contribution in [-0.4, -0.2) is 23.0 Å². The molecule has 1 aromatic rings. The lowest BCUT2D eigenvalue weighted by Gasteiger charge is -2.08. The molecule has 5 nitrogen and oxygen atoms in total. The van der Waals surface area contributed by atoms with E-state index in [0.29, 0.717) is 17.9 Å². The number of nitrogens with two attached hydrogens (primary N) is 1. The average Bonchev–Trinajstić information content (AvgIpc) is 2.25. The van der Waals surface area contributed by atoms with Crippen LogP contribution in [0.15, 0.2) is 17.2 Å². The highest BCUT2D eigenvalue weighted by Gasteiger charge is 2.08. The maximum atomic E-state index is 9.61. The molecule has 7 heteroatoms. The number of aromatic hydroxyl groups is 1. The fourth-order valence-electron chi connectivity index (χ4n) is 1.10. The van der Waals surface area contributed by atoms with Gasteiger partial charge in [-0.1, -0.05) is 11.6 Å². The van der Waals surface area contributed by atoms with Crippen LogP contribution in [0.1, 0.15) is 12.5 Å². The van der Waals surface area contributed by atoms with Crippen LogP contribution < -0.4 is 15.9 Å². The maximum absolute atomic E-state index is 9.61. The van der Waals surface area contributed by atoms with Gasteiger partial charge in [0.05, 0.1) is 17.8 Å². The number of benzene rings is 1. The zero-order chi connectivity index (χ0) is 12.8. The molecule has 0 unspecified atom stereocenters. The highest BCUT2D eigenvalue weighted by Crippen LogP contribution is 2.34. The molecule has 1 rings (SSSR count). The van der Waals surface area contributed by atoms with Gasteiger partial charge in [0.1, 0.15) is 0 Å². The van der Waals surface area contributed by atoms with E-state index in [1.807, 2.05) is 6.92 Å². The van der Waals surface area contributed by atoms with E-state index >= 15 is 0 Å². The van der Waals surface area contributed by atoms with E-state index in [1.165, 1.54) is 6.21 Å². The first-order valence-electron chi connectivity index (χ1n) is 4.78. The van der Waals surface area contributed by atoms with E-state index in [0.717, 1.165) is 0 Å². The first kappa shape index (κ1) is 13.5. The summed E-state index contributed by atoms with van der Waals surface area (Å²) >= 11 is 10.4. The third-order valence-electron chi connectivity index (χ3n) is 1.74. The fourth-order valence-corrected chi connectivity index (χ4v) is 1.38. The van der Waals surface area contributed by atoms with E-state index in [2.05, 4.69) is 22.7 Å². The Morgan fingerprint density at radius 3 is 3.00 bits per heavy atom. The molecule has 17 heavy (non-hydrogen) atoms. The van der Waals surface area contributed by atoms with Gasteiger partial charge in [-0.15, -0.1) is 0 Å². The summed E-state index contributed by atoms with van der Waals surface area (Å²) in [7, 11) is 0. The third-order valence-corrected chi connectivity index (χ3v) is 2.12. The van der Waals surface area contributed by atoms with Crippen molar-refractivity contribution in [1.82, 2.24) is 5.43 Å². The number of phenolic OH excluding ortho intramolecular Hbond substituents is 1. The first-order valence-corrected chi connectivity index (χ1v) is 5.57. The summed E-state index contributed by atoms with van der Waals surface area (Å²) in [4.78, 5) is 0. The lowest BCUT2D eigenvalue weighted by Crippen LogP contribution is -2.23. The number of thiocarbonyl (C=S) groups is 1. The third kappa shape index (κ3) is 4.08. The Hall–Kier alpha value is -1.53. The number of hydrogen-bond donors (Lipinski definition) is 3. The summed E-state index contributed by atoms with van der Waals surface area (Å²) in [6, 6.07) is 3.15. The molecule has 0 spiro atoms. The van der Waals surface area contributed by atoms with Crippen molar-refractivity contribution in [3.8, 4) is 11.5 Å². The normalized spacial score (nSPS) is 10.5. The Kier molecular flexibility index (Phi) is 4.99. The van der Waals surface area contributed by atoms with Gasteiger partial charge in [0.2, 0.25) is 0 Å². The molecule has 0 aliphatic carbocycles. The predicted molar refractivity (Wildman–Crippen MR) is 71.8 cm³/mol. The minimum Gasteiger partial charge on any atom is -0.503 e. The van der Waals surface area contributed by atoms with Crippen molar-refractivity contribution >= 4 is 35.1 Å². The zero-order valence-electron chi connectivity index (χ0n) is 9.11. The molecule has 0 amide bonds. The highest BCUT2D eigenvalue weighted by molar-refractivity contribution is 7.80.